The lowest BCUT2D eigenvalue weighted by atomic mass is 9.93. The molecule has 0 spiro atoms. The smallest absolute Gasteiger partial charge is 0.306 e. The van der Waals surface area contributed by atoms with Gasteiger partial charge >= 0.3 is 5.97 Å². The van der Waals surface area contributed by atoms with Gasteiger partial charge in [-0.1, -0.05) is 70.5 Å². The summed E-state index contributed by atoms with van der Waals surface area (Å²) in [6.07, 6.45) is 8.52. The summed E-state index contributed by atoms with van der Waals surface area (Å²) in [6.45, 7) is 8.88. The van der Waals surface area contributed by atoms with Gasteiger partial charge in [0.15, 0.2) is 5.78 Å². The highest BCUT2D eigenvalue weighted by atomic mass is 16.5. The molecule has 4 rings (SSSR count). The number of ketones is 1. The molecule has 0 fully saturated rings. The van der Waals surface area contributed by atoms with E-state index in [1.807, 2.05) is 39.0 Å². The molecule has 3 aromatic rings. The maximum atomic E-state index is 13.3. The van der Waals surface area contributed by atoms with Crippen molar-refractivity contribution in [1.29, 1.82) is 0 Å². The zero-order valence-corrected chi connectivity index (χ0v) is 28.0. The van der Waals surface area contributed by atoms with Crippen LogP contribution in [0.25, 0.3) is 11.1 Å². The molecule has 1 aliphatic rings. The van der Waals surface area contributed by atoms with E-state index in [1.54, 1.807) is 19.6 Å². The molecule has 0 saturated carbocycles. The van der Waals surface area contributed by atoms with Crippen LogP contribution in [0.1, 0.15) is 111 Å². The quantitative estimate of drug-likeness (QED) is 0.118. The number of nitrogens with zero attached hydrogens (tertiary/aromatic N) is 1. The first kappa shape index (κ1) is 36.2. The van der Waals surface area contributed by atoms with Gasteiger partial charge in [-0.2, -0.15) is 0 Å². The number of rotatable bonds is 17. The molecule has 1 heterocycles. The topological polar surface area (TPSA) is 130 Å². The molecule has 2 atom stereocenters. The summed E-state index contributed by atoms with van der Waals surface area (Å²) in [5.41, 5.74) is 6.43. The van der Waals surface area contributed by atoms with Crippen molar-refractivity contribution in [3.8, 4) is 11.1 Å². The van der Waals surface area contributed by atoms with Gasteiger partial charge in [-0.15, -0.1) is 0 Å². The molecule has 1 aliphatic carbocycles. The zero-order chi connectivity index (χ0) is 33.5. The van der Waals surface area contributed by atoms with Gasteiger partial charge in [-0.3, -0.25) is 19.2 Å². The number of imidazole rings is 1. The van der Waals surface area contributed by atoms with Crippen LogP contribution in [0.5, 0.6) is 0 Å². The van der Waals surface area contributed by atoms with E-state index in [0.717, 1.165) is 65.6 Å². The number of ether oxygens (including phenoxy) is 1. The molecule has 0 saturated heterocycles. The SMILES string of the molecule is CC.CCCCC(=O)c1cccc2c1-c1ccc(CCCC(=O)NCCC)cc1C2COC(=O)C[C@@H](Cc1cnc[nH]1)C(=O)NC. The van der Waals surface area contributed by atoms with Gasteiger partial charge in [0, 0.05) is 56.2 Å². The molecular formula is C37H50N4O5. The first-order valence-electron chi connectivity index (χ1n) is 16.8. The maximum Gasteiger partial charge on any atom is 0.306 e. The van der Waals surface area contributed by atoms with Crippen molar-refractivity contribution in [2.24, 2.45) is 5.92 Å². The van der Waals surface area contributed by atoms with Crippen molar-refractivity contribution >= 4 is 23.6 Å². The van der Waals surface area contributed by atoms with Crippen LogP contribution < -0.4 is 10.6 Å². The molecular weight excluding hydrogens is 580 g/mol. The third kappa shape index (κ3) is 9.61. The Morgan fingerprint density at radius 1 is 1.00 bits per heavy atom. The van der Waals surface area contributed by atoms with Crippen LogP contribution in [-0.2, 0) is 32.0 Å². The number of Topliss-reactive ketones (excluding diaryl/α,β-unsaturated/α-hetero) is 1. The van der Waals surface area contributed by atoms with Crippen molar-refractivity contribution in [1.82, 2.24) is 20.6 Å². The van der Waals surface area contributed by atoms with Gasteiger partial charge in [-0.25, -0.2) is 4.98 Å². The second-order valence-electron chi connectivity index (χ2n) is 11.5. The van der Waals surface area contributed by atoms with E-state index in [4.69, 9.17) is 4.74 Å². The molecule has 0 aliphatic heterocycles. The Kier molecular flexibility index (Phi) is 14.7. The highest BCUT2D eigenvalue weighted by Crippen LogP contribution is 2.47. The number of fused-ring (bicyclic) bond motifs is 3. The van der Waals surface area contributed by atoms with Crippen LogP contribution in [0.4, 0.5) is 0 Å². The molecule has 2 aromatic carbocycles. The van der Waals surface area contributed by atoms with E-state index in [9.17, 15) is 19.2 Å². The van der Waals surface area contributed by atoms with Crippen LogP contribution in [-0.4, -0.2) is 53.7 Å². The van der Waals surface area contributed by atoms with Crippen LogP contribution >= 0.6 is 0 Å². The van der Waals surface area contributed by atoms with E-state index in [1.165, 1.54) is 0 Å². The Balaban J connectivity index is 0.00000282. The average Bonchev–Trinajstić information content (AvgIpc) is 3.71. The summed E-state index contributed by atoms with van der Waals surface area (Å²) in [5.74, 6) is -1.37. The largest absolute Gasteiger partial charge is 0.465 e. The number of carbonyl (C=O) groups is 4. The van der Waals surface area contributed by atoms with Gasteiger partial charge in [0.2, 0.25) is 11.8 Å². The highest BCUT2D eigenvalue weighted by molar-refractivity contribution is 6.04. The first-order valence-corrected chi connectivity index (χ1v) is 16.8. The summed E-state index contributed by atoms with van der Waals surface area (Å²) in [4.78, 5) is 58.0. The number of benzene rings is 2. The Labute approximate surface area is 273 Å². The number of esters is 1. The number of aromatic amines is 1. The molecule has 0 bridgehead atoms. The lowest BCUT2D eigenvalue weighted by molar-refractivity contribution is -0.147. The molecule has 9 heteroatoms. The predicted molar refractivity (Wildman–Crippen MR) is 181 cm³/mol. The lowest BCUT2D eigenvalue weighted by Crippen LogP contribution is -2.31. The Hall–Kier alpha value is -4.27. The molecule has 46 heavy (non-hydrogen) atoms. The molecule has 2 amide bonds. The predicted octanol–water partition coefficient (Wildman–Crippen LogP) is 6.31. The number of H-pyrrole nitrogens is 1. The van der Waals surface area contributed by atoms with E-state index in [-0.39, 0.29) is 36.5 Å². The summed E-state index contributed by atoms with van der Waals surface area (Å²) >= 11 is 0. The lowest BCUT2D eigenvalue weighted by Gasteiger charge is -2.17. The van der Waals surface area contributed by atoms with Crippen LogP contribution in [0.15, 0.2) is 48.9 Å². The molecule has 0 radical (unpaired) electrons. The van der Waals surface area contributed by atoms with E-state index >= 15 is 0 Å². The Morgan fingerprint density at radius 2 is 1.80 bits per heavy atom. The van der Waals surface area contributed by atoms with Gasteiger partial charge in [0.05, 0.1) is 18.7 Å². The zero-order valence-electron chi connectivity index (χ0n) is 28.0. The number of aryl methyl sites for hydroxylation is 1. The fourth-order valence-corrected chi connectivity index (χ4v) is 5.86. The van der Waals surface area contributed by atoms with Crippen LogP contribution in [0.2, 0.25) is 0 Å². The number of aromatic nitrogens is 2. The summed E-state index contributed by atoms with van der Waals surface area (Å²) in [5, 5.41) is 5.56. The third-order valence-corrected chi connectivity index (χ3v) is 8.19. The Bertz CT molecular complexity index is 1450. The fourth-order valence-electron chi connectivity index (χ4n) is 5.86. The molecule has 1 unspecified atom stereocenters. The number of amides is 2. The van der Waals surface area contributed by atoms with Gasteiger partial charge < -0.3 is 20.4 Å². The highest BCUT2D eigenvalue weighted by Gasteiger charge is 2.33. The average molecular weight is 631 g/mol. The third-order valence-electron chi connectivity index (χ3n) is 8.19. The van der Waals surface area contributed by atoms with Gasteiger partial charge in [0.25, 0.3) is 0 Å². The Morgan fingerprint density at radius 3 is 2.50 bits per heavy atom. The van der Waals surface area contributed by atoms with Gasteiger partial charge in [0.1, 0.15) is 6.61 Å². The van der Waals surface area contributed by atoms with Crippen molar-refractivity contribution in [3.63, 3.8) is 0 Å². The van der Waals surface area contributed by atoms with E-state index in [2.05, 4.69) is 45.7 Å². The molecule has 9 nitrogen and oxygen atoms in total. The normalized spacial score (nSPS) is 13.5. The second-order valence-corrected chi connectivity index (χ2v) is 11.5. The summed E-state index contributed by atoms with van der Waals surface area (Å²) < 4.78 is 5.86. The summed E-state index contributed by atoms with van der Waals surface area (Å²) in [6, 6.07) is 12.1. The van der Waals surface area contributed by atoms with Crippen molar-refractivity contribution in [3.05, 3.63) is 76.9 Å². The number of carbonyl (C=O) groups excluding carboxylic acids is 4. The number of hydrogen-bond donors (Lipinski definition) is 3. The minimum Gasteiger partial charge on any atom is -0.465 e. The molecule has 3 N–H and O–H groups in total. The molecule has 248 valence electrons. The molecule has 1 aromatic heterocycles. The van der Waals surface area contributed by atoms with E-state index in [0.29, 0.717) is 31.4 Å². The number of nitrogens with one attached hydrogen (secondary N) is 3. The van der Waals surface area contributed by atoms with Crippen molar-refractivity contribution < 1.29 is 23.9 Å². The fraction of sp³-hybridized carbons (Fsp3) is 0.486. The number of unbranched alkanes of at least 4 members (excludes halogenated alkanes) is 1. The van der Waals surface area contributed by atoms with Crippen molar-refractivity contribution in [2.75, 3.05) is 20.2 Å². The minimum absolute atomic E-state index is 0.0584. The standard InChI is InChI=1S/C35H44N4O5.C2H6/c1-4-6-12-31(40)28-11-8-10-26-30(21-44-33(42)19-24(35(43)36-3)18-25-20-37-22-39-25)29-17-23(14-15-27(29)34(26)28)9-7-13-32(41)38-16-5-2;1-2/h8,10-11,14-15,17,20,22,24,30H,4-7,9,12-13,16,18-19,21H2,1-3H3,(H,36,43)(H,37,39)(H,38,41);1-2H3/t24-,30?;/m1./s1. The maximum absolute atomic E-state index is 13.3. The van der Waals surface area contributed by atoms with Crippen LogP contribution in [0.3, 0.4) is 0 Å². The first-order chi connectivity index (χ1) is 22.4. The van der Waals surface area contributed by atoms with E-state index < -0.39 is 11.9 Å². The summed E-state index contributed by atoms with van der Waals surface area (Å²) in [7, 11) is 1.55. The number of hydrogen-bond acceptors (Lipinski definition) is 6. The monoisotopic (exact) mass is 630 g/mol. The van der Waals surface area contributed by atoms with Gasteiger partial charge in [-0.05, 0) is 53.5 Å². The van der Waals surface area contributed by atoms with Crippen molar-refractivity contribution in [2.45, 2.75) is 91.4 Å². The van der Waals surface area contributed by atoms with Crippen LogP contribution in [0, 0.1) is 5.92 Å². The second kappa shape index (κ2) is 18.6. The minimum atomic E-state index is -0.597.